The van der Waals surface area contributed by atoms with Crippen molar-refractivity contribution < 1.29 is 0 Å². The fraction of sp³-hybridized carbons (Fsp3) is 0.421. The summed E-state index contributed by atoms with van der Waals surface area (Å²) in [6.07, 6.45) is 5.81. The van der Waals surface area contributed by atoms with Gasteiger partial charge in [0.25, 0.3) is 0 Å². The van der Waals surface area contributed by atoms with Gasteiger partial charge in [-0.3, -0.25) is 4.99 Å². The summed E-state index contributed by atoms with van der Waals surface area (Å²) in [5, 5.41) is 25.1. The Balaban J connectivity index is 2.05. The number of allylic oxidation sites excluding steroid dienone is 2. The van der Waals surface area contributed by atoms with Crippen LogP contribution in [-0.4, -0.2) is 11.9 Å². The van der Waals surface area contributed by atoms with Crippen LogP contribution >= 0.6 is 0 Å². The molecular weight excluding hydrogens is 298 g/mol. The van der Waals surface area contributed by atoms with Gasteiger partial charge in [0.15, 0.2) is 5.70 Å². The minimum absolute atomic E-state index is 0.237. The van der Waals surface area contributed by atoms with Gasteiger partial charge in [0, 0.05) is 0 Å². The molecule has 1 aliphatic carbocycles. The highest BCUT2D eigenvalue weighted by Crippen LogP contribution is 2.29. The molecule has 2 N–H and O–H groups in total. The van der Waals surface area contributed by atoms with Crippen LogP contribution < -0.4 is 10.6 Å². The highest BCUT2D eigenvalue weighted by molar-refractivity contribution is 5.96. The second-order valence-electron chi connectivity index (χ2n) is 6.48. The van der Waals surface area contributed by atoms with E-state index in [1.54, 1.807) is 0 Å². The summed E-state index contributed by atoms with van der Waals surface area (Å²) in [5.74, 6) is 0.719. The number of hydrogen-bond acceptors (Lipinski definition) is 4. The van der Waals surface area contributed by atoms with Crippen LogP contribution in [0.1, 0.15) is 44.6 Å². The molecule has 2 aliphatic rings. The largest absolute Gasteiger partial charge is 0.358 e. The molecule has 0 bridgehead atoms. The molecule has 1 aromatic rings. The van der Waals surface area contributed by atoms with Crippen LogP contribution in [0.5, 0.6) is 0 Å². The SMILES string of the molecule is CC1(c2ccccc2)NC(C#N)=C(C#N)NC1=NC1CCCCC1. The fourth-order valence-electron chi connectivity index (χ4n) is 3.38. The van der Waals surface area contributed by atoms with Crippen molar-refractivity contribution in [3.63, 3.8) is 0 Å². The second-order valence-corrected chi connectivity index (χ2v) is 6.48. The minimum atomic E-state index is -0.649. The predicted molar refractivity (Wildman–Crippen MR) is 92.6 cm³/mol. The third kappa shape index (κ3) is 2.98. The van der Waals surface area contributed by atoms with Gasteiger partial charge < -0.3 is 10.6 Å². The number of nitrogens with zero attached hydrogens (tertiary/aromatic N) is 3. The van der Waals surface area contributed by atoms with Gasteiger partial charge in [-0.15, -0.1) is 0 Å². The van der Waals surface area contributed by atoms with E-state index in [1.807, 2.05) is 37.3 Å². The quantitative estimate of drug-likeness (QED) is 0.877. The summed E-state index contributed by atoms with van der Waals surface area (Å²) < 4.78 is 0. The van der Waals surface area contributed by atoms with Crippen molar-refractivity contribution in [2.75, 3.05) is 0 Å². The Morgan fingerprint density at radius 2 is 1.71 bits per heavy atom. The van der Waals surface area contributed by atoms with E-state index in [-0.39, 0.29) is 17.4 Å². The van der Waals surface area contributed by atoms with Crippen molar-refractivity contribution in [1.29, 1.82) is 10.5 Å². The highest BCUT2D eigenvalue weighted by Gasteiger charge is 2.39. The first-order chi connectivity index (χ1) is 11.7. The van der Waals surface area contributed by atoms with Gasteiger partial charge in [0.05, 0.1) is 6.04 Å². The maximum absolute atomic E-state index is 9.38. The molecule has 0 spiro atoms. The molecule has 0 aromatic heterocycles. The smallest absolute Gasteiger partial charge is 0.153 e. The van der Waals surface area contributed by atoms with Gasteiger partial charge in [0.2, 0.25) is 0 Å². The standard InChI is InChI=1S/C19H21N5/c1-19(14-8-4-2-5-9-14)18(22-15-10-6-3-7-11-15)23-16(12-20)17(13-21)24-19/h2,4-5,8-9,15,24H,3,6-7,10-11H2,1H3,(H,22,23). The number of nitrogens with one attached hydrogen (secondary N) is 2. The Morgan fingerprint density at radius 1 is 1.04 bits per heavy atom. The fourth-order valence-corrected chi connectivity index (χ4v) is 3.38. The van der Waals surface area contributed by atoms with Crippen molar-refractivity contribution in [2.45, 2.75) is 50.6 Å². The van der Waals surface area contributed by atoms with E-state index >= 15 is 0 Å². The van der Waals surface area contributed by atoms with E-state index in [0.29, 0.717) is 0 Å². The molecular formula is C19H21N5. The number of rotatable bonds is 2. The van der Waals surface area contributed by atoms with Crippen LogP contribution in [0.25, 0.3) is 0 Å². The summed E-state index contributed by atoms with van der Waals surface area (Å²) in [5.41, 5.74) is 0.855. The van der Waals surface area contributed by atoms with E-state index in [2.05, 4.69) is 22.8 Å². The molecule has 1 aromatic carbocycles. The van der Waals surface area contributed by atoms with Gasteiger partial charge in [-0.2, -0.15) is 10.5 Å². The number of hydrogen-bond donors (Lipinski definition) is 2. The van der Waals surface area contributed by atoms with Crippen LogP contribution in [0.15, 0.2) is 46.7 Å². The van der Waals surface area contributed by atoms with Crippen LogP contribution in [0.2, 0.25) is 0 Å². The average Bonchev–Trinajstić information content (AvgIpc) is 2.64. The lowest BCUT2D eigenvalue weighted by molar-refractivity contribution is 0.433. The summed E-state index contributed by atoms with van der Waals surface area (Å²) in [6.45, 7) is 2.00. The Kier molecular flexibility index (Phi) is 4.53. The van der Waals surface area contributed by atoms with E-state index in [4.69, 9.17) is 4.99 Å². The third-order valence-electron chi connectivity index (χ3n) is 4.80. The number of benzene rings is 1. The molecule has 0 amide bonds. The first-order valence-corrected chi connectivity index (χ1v) is 8.41. The second kappa shape index (κ2) is 6.76. The van der Waals surface area contributed by atoms with Crippen LogP contribution in [0.3, 0.4) is 0 Å². The average molecular weight is 319 g/mol. The molecule has 1 unspecified atom stereocenters. The number of nitriles is 2. The summed E-state index contributed by atoms with van der Waals surface area (Å²) >= 11 is 0. The van der Waals surface area contributed by atoms with Gasteiger partial charge in [0.1, 0.15) is 29.2 Å². The molecule has 1 saturated carbocycles. The van der Waals surface area contributed by atoms with E-state index in [1.165, 1.54) is 19.3 Å². The molecule has 0 saturated heterocycles. The molecule has 1 heterocycles. The molecule has 5 heteroatoms. The lowest BCUT2D eigenvalue weighted by Gasteiger charge is -2.38. The number of aliphatic imine (C=N–C) groups is 1. The van der Waals surface area contributed by atoms with E-state index < -0.39 is 5.54 Å². The molecule has 122 valence electrons. The molecule has 1 fully saturated rings. The Bertz CT molecular complexity index is 744. The molecule has 1 aliphatic heterocycles. The van der Waals surface area contributed by atoms with Crippen molar-refractivity contribution >= 4 is 5.84 Å². The lowest BCUT2D eigenvalue weighted by atomic mass is 9.87. The van der Waals surface area contributed by atoms with Crippen LogP contribution in [-0.2, 0) is 5.54 Å². The molecule has 0 radical (unpaired) electrons. The van der Waals surface area contributed by atoms with Gasteiger partial charge in [-0.1, -0.05) is 49.6 Å². The molecule has 24 heavy (non-hydrogen) atoms. The monoisotopic (exact) mass is 319 g/mol. The normalized spacial score (nSPS) is 26.2. The summed E-state index contributed by atoms with van der Waals surface area (Å²) in [4.78, 5) is 4.94. The minimum Gasteiger partial charge on any atom is -0.358 e. The molecule has 3 rings (SSSR count). The highest BCUT2D eigenvalue weighted by atomic mass is 15.2. The lowest BCUT2D eigenvalue weighted by Crippen LogP contribution is -2.56. The zero-order valence-corrected chi connectivity index (χ0v) is 13.8. The topological polar surface area (TPSA) is 84.0 Å². The number of amidine groups is 1. The predicted octanol–water partition coefficient (Wildman–Crippen LogP) is 3.08. The maximum atomic E-state index is 9.38. The molecule has 1 atom stereocenters. The van der Waals surface area contributed by atoms with Crippen molar-refractivity contribution in [1.82, 2.24) is 10.6 Å². The van der Waals surface area contributed by atoms with Crippen LogP contribution in [0, 0.1) is 22.7 Å². The van der Waals surface area contributed by atoms with Gasteiger partial charge >= 0.3 is 0 Å². The Morgan fingerprint density at radius 3 is 2.33 bits per heavy atom. The Labute approximate surface area is 142 Å². The van der Waals surface area contributed by atoms with Crippen LogP contribution in [0.4, 0.5) is 0 Å². The summed E-state index contributed by atoms with van der Waals surface area (Å²) in [6, 6.07) is 14.3. The zero-order chi connectivity index (χ0) is 17.0. The van der Waals surface area contributed by atoms with E-state index in [9.17, 15) is 10.5 Å². The maximum Gasteiger partial charge on any atom is 0.153 e. The first-order valence-electron chi connectivity index (χ1n) is 8.41. The zero-order valence-electron chi connectivity index (χ0n) is 13.8. The third-order valence-corrected chi connectivity index (χ3v) is 4.80. The van der Waals surface area contributed by atoms with Crippen molar-refractivity contribution in [3.05, 3.63) is 47.3 Å². The van der Waals surface area contributed by atoms with Crippen molar-refractivity contribution in [2.24, 2.45) is 4.99 Å². The van der Waals surface area contributed by atoms with Gasteiger partial charge in [-0.25, -0.2) is 0 Å². The first kappa shape index (κ1) is 16.1. The Hall–Kier alpha value is -2.79. The van der Waals surface area contributed by atoms with E-state index in [0.717, 1.165) is 24.2 Å². The molecule has 5 nitrogen and oxygen atoms in total. The van der Waals surface area contributed by atoms with Gasteiger partial charge in [-0.05, 0) is 25.3 Å². The van der Waals surface area contributed by atoms with Crippen molar-refractivity contribution in [3.8, 4) is 12.1 Å². The summed E-state index contributed by atoms with van der Waals surface area (Å²) in [7, 11) is 0.